The number of carbonyl (C=O) groups excluding carboxylic acids is 1. The molecule has 0 saturated carbocycles. The average Bonchev–Trinajstić information content (AvgIpc) is 3.43. The van der Waals surface area contributed by atoms with Gasteiger partial charge in [0.1, 0.15) is 30.0 Å². The molecule has 2 fully saturated rings. The highest BCUT2D eigenvalue weighted by molar-refractivity contribution is 7.99. The minimum absolute atomic E-state index is 0.0244. The van der Waals surface area contributed by atoms with E-state index in [-0.39, 0.29) is 43.9 Å². The summed E-state index contributed by atoms with van der Waals surface area (Å²) >= 11 is 1.72. The third-order valence-corrected chi connectivity index (χ3v) is 9.71. The molecule has 6 rings (SSSR count). The highest BCUT2D eigenvalue weighted by atomic mass is 32.2. The molecule has 3 aliphatic rings. The summed E-state index contributed by atoms with van der Waals surface area (Å²) in [5.74, 6) is -1.01. The van der Waals surface area contributed by atoms with E-state index in [0.717, 1.165) is 48.4 Å². The Hall–Kier alpha value is -3.82. The molecule has 5 heterocycles. The topological polar surface area (TPSA) is 79.1 Å². The Morgan fingerprint density at radius 2 is 2.07 bits per heavy atom. The number of hydrogen-bond donors (Lipinski definition) is 0. The standard InChI is InChI=1S/C31H33F2N7O2S/c1-19(32)30(41)40-13-12-39(17-22(40)16-34-2)29-24-15-25(33)26(23-10-4-7-20-8-6-14-43-27(20)23)35-28(24)36-31(37-29)42-18-21-9-5-11-38(21)3/h4,7,10,15,21-22H,1,5-6,8-9,11-14,16-18H2,3H3/t21-,22-/m0/s1. The van der Waals surface area contributed by atoms with Crippen molar-refractivity contribution in [2.24, 2.45) is 0 Å². The molecule has 12 heteroatoms. The molecule has 0 N–H and O–H groups in total. The van der Waals surface area contributed by atoms with Gasteiger partial charge in [-0.05, 0) is 56.7 Å². The fourth-order valence-electron chi connectivity index (χ4n) is 6.16. The van der Waals surface area contributed by atoms with Crippen LogP contribution in [0.5, 0.6) is 6.01 Å². The van der Waals surface area contributed by atoms with E-state index in [1.165, 1.54) is 16.5 Å². The number of anilines is 1. The largest absolute Gasteiger partial charge is 0.462 e. The number of hydrogen-bond acceptors (Lipinski definition) is 8. The number of aryl methyl sites for hydroxylation is 1. The van der Waals surface area contributed by atoms with Crippen molar-refractivity contribution in [3.63, 3.8) is 0 Å². The number of halogens is 2. The third-order valence-electron chi connectivity index (χ3n) is 8.44. The molecule has 224 valence electrons. The van der Waals surface area contributed by atoms with E-state index in [9.17, 15) is 9.18 Å². The van der Waals surface area contributed by atoms with Crippen LogP contribution < -0.4 is 9.64 Å². The number of aromatic nitrogens is 3. The molecule has 3 aromatic rings. The highest BCUT2D eigenvalue weighted by Crippen LogP contribution is 2.40. The first-order chi connectivity index (χ1) is 20.8. The number of piperazine rings is 1. The zero-order valence-corrected chi connectivity index (χ0v) is 24.9. The van der Waals surface area contributed by atoms with Gasteiger partial charge in [-0.1, -0.05) is 24.8 Å². The Morgan fingerprint density at radius 1 is 1.21 bits per heavy atom. The number of likely N-dealkylation sites (tertiary alicyclic amines) is 1. The number of carbonyl (C=O) groups is 1. The molecular formula is C31H33F2N7O2S. The summed E-state index contributed by atoms with van der Waals surface area (Å²) in [6.45, 7) is 12.6. The minimum atomic E-state index is -1.07. The monoisotopic (exact) mass is 605 g/mol. The summed E-state index contributed by atoms with van der Waals surface area (Å²) in [5, 5.41) is 0.403. The first-order valence-electron chi connectivity index (χ1n) is 14.5. The third kappa shape index (κ3) is 5.88. The lowest BCUT2D eigenvalue weighted by Crippen LogP contribution is -2.56. The predicted molar refractivity (Wildman–Crippen MR) is 162 cm³/mol. The van der Waals surface area contributed by atoms with Gasteiger partial charge in [0.15, 0.2) is 11.5 Å². The Bertz CT molecular complexity index is 1610. The number of pyridine rings is 1. The van der Waals surface area contributed by atoms with Crippen molar-refractivity contribution in [3.8, 4) is 17.3 Å². The Labute approximate surface area is 253 Å². The molecule has 0 radical (unpaired) electrons. The molecule has 1 aromatic carbocycles. The van der Waals surface area contributed by atoms with Gasteiger partial charge in [0.05, 0.1) is 5.39 Å². The van der Waals surface area contributed by atoms with E-state index in [1.54, 1.807) is 11.8 Å². The number of amides is 1. The number of likely N-dealkylation sites (N-methyl/N-ethyl adjacent to an activating group) is 1. The predicted octanol–water partition coefficient (Wildman–Crippen LogP) is 4.76. The average molecular weight is 606 g/mol. The maximum atomic E-state index is 15.9. The summed E-state index contributed by atoms with van der Waals surface area (Å²) in [4.78, 5) is 36.6. The molecule has 1 amide bonds. The van der Waals surface area contributed by atoms with Crippen LogP contribution in [0, 0.1) is 12.4 Å². The Kier molecular flexibility index (Phi) is 8.45. The van der Waals surface area contributed by atoms with Crippen molar-refractivity contribution in [2.45, 2.75) is 42.7 Å². The number of fused-ring (bicyclic) bond motifs is 2. The van der Waals surface area contributed by atoms with Crippen LogP contribution in [-0.4, -0.2) is 94.9 Å². The van der Waals surface area contributed by atoms with Gasteiger partial charge in [-0.3, -0.25) is 4.79 Å². The molecule has 43 heavy (non-hydrogen) atoms. The first-order valence-corrected chi connectivity index (χ1v) is 15.5. The van der Waals surface area contributed by atoms with Crippen molar-refractivity contribution >= 4 is 34.5 Å². The van der Waals surface area contributed by atoms with Crippen molar-refractivity contribution in [1.29, 1.82) is 0 Å². The molecule has 0 unspecified atom stereocenters. The Morgan fingerprint density at radius 3 is 2.84 bits per heavy atom. The van der Waals surface area contributed by atoms with Crippen LogP contribution in [0.4, 0.5) is 14.6 Å². The van der Waals surface area contributed by atoms with Crippen LogP contribution >= 0.6 is 11.8 Å². The van der Waals surface area contributed by atoms with E-state index >= 15 is 4.39 Å². The lowest BCUT2D eigenvalue weighted by atomic mass is 10.0. The molecule has 9 nitrogen and oxygen atoms in total. The Balaban J connectivity index is 1.41. The van der Waals surface area contributed by atoms with Crippen LogP contribution in [-0.2, 0) is 11.2 Å². The second kappa shape index (κ2) is 12.4. The normalized spacial score (nSPS) is 20.6. The summed E-state index contributed by atoms with van der Waals surface area (Å²) in [7, 11) is 2.06. The van der Waals surface area contributed by atoms with E-state index < -0.39 is 23.6 Å². The molecule has 0 aliphatic carbocycles. The first kappa shape index (κ1) is 29.3. The van der Waals surface area contributed by atoms with Crippen LogP contribution in [0.15, 0.2) is 41.6 Å². The molecular weight excluding hydrogens is 572 g/mol. The maximum absolute atomic E-state index is 15.9. The zero-order chi connectivity index (χ0) is 30.1. The number of nitrogens with zero attached hydrogens (tertiary/aromatic N) is 7. The second-order valence-corrected chi connectivity index (χ2v) is 12.3. The maximum Gasteiger partial charge on any atom is 0.320 e. The molecule has 2 saturated heterocycles. The highest BCUT2D eigenvalue weighted by Gasteiger charge is 2.35. The molecule has 3 aliphatic heterocycles. The van der Waals surface area contributed by atoms with Crippen LogP contribution in [0.1, 0.15) is 24.8 Å². The number of benzene rings is 1. The number of rotatable bonds is 7. The quantitative estimate of drug-likeness (QED) is 0.282. The van der Waals surface area contributed by atoms with E-state index in [1.807, 2.05) is 17.0 Å². The molecule has 2 aromatic heterocycles. The SMILES string of the molecule is [C-]#[N+]C[C@H]1CN(c2nc(OC[C@@H]3CCCN3C)nc3nc(-c4cccc5c4SCCC5)c(F)cc23)CCN1C(=O)C(=C)F. The van der Waals surface area contributed by atoms with E-state index in [2.05, 4.69) is 34.4 Å². The summed E-state index contributed by atoms with van der Waals surface area (Å²) in [5.41, 5.74) is 2.46. The van der Waals surface area contributed by atoms with Gasteiger partial charge >= 0.3 is 6.01 Å². The van der Waals surface area contributed by atoms with Crippen molar-refractivity contribution < 1.29 is 18.3 Å². The van der Waals surface area contributed by atoms with Crippen LogP contribution in [0.25, 0.3) is 27.1 Å². The summed E-state index contributed by atoms with van der Waals surface area (Å²) in [6.07, 6.45) is 4.13. The van der Waals surface area contributed by atoms with Gasteiger partial charge in [-0.15, -0.1) is 11.8 Å². The van der Waals surface area contributed by atoms with E-state index in [0.29, 0.717) is 23.5 Å². The minimum Gasteiger partial charge on any atom is -0.462 e. The van der Waals surface area contributed by atoms with Gasteiger partial charge in [0.25, 0.3) is 5.91 Å². The lowest BCUT2D eigenvalue weighted by Gasteiger charge is -2.39. The van der Waals surface area contributed by atoms with Crippen LogP contribution in [0.2, 0.25) is 0 Å². The molecule has 0 bridgehead atoms. The van der Waals surface area contributed by atoms with Gasteiger partial charge in [-0.25, -0.2) is 20.3 Å². The second-order valence-electron chi connectivity index (χ2n) is 11.2. The van der Waals surface area contributed by atoms with Crippen molar-refractivity contribution in [2.75, 3.05) is 57.0 Å². The number of ether oxygens (including phenoxy) is 1. The molecule has 2 atom stereocenters. The lowest BCUT2D eigenvalue weighted by molar-refractivity contribution is -0.131. The molecule has 0 spiro atoms. The fraction of sp³-hybridized carbons (Fsp3) is 0.452. The zero-order valence-electron chi connectivity index (χ0n) is 24.1. The fourth-order valence-corrected chi connectivity index (χ4v) is 7.33. The van der Waals surface area contributed by atoms with E-state index in [4.69, 9.17) is 21.3 Å². The van der Waals surface area contributed by atoms with Gasteiger partial charge in [-0.2, -0.15) is 9.97 Å². The summed E-state index contributed by atoms with van der Waals surface area (Å²) in [6, 6.07) is 7.10. The van der Waals surface area contributed by atoms with Crippen molar-refractivity contribution in [1.82, 2.24) is 24.8 Å². The van der Waals surface area contributed by atoms with Crippen LogP contribution in [0.3, 0.4) is 0 Å². The summed E-state index contributed by atoms with van der Waals surface area (Å²) < 4.78 is 35.8. The smallest absolute Gasteiger partial charge is 0.320 e. The van der Waals surface area contributed by atoms with Gasteiger partial charge < -0.3 is 24.3 Å². The van der Waals surface area contributed by atoms with Gasteiger partial charge in [0, 0.05) is 36.1 Å². The van der Waals surface area contributed by atoms with Crippen molar-refractivity contribution in [3.05, 3.63) is 59.5 Å². The van der Waals surface area contributed by atoms with Gasteiger partial charge in [0.2, 0.25) is 6.54 Å². The number of thioether (sulfide) groups is 1.